The smallest absolute Gasteiger partial charge is 0.249 e. The Kier molecular flexibility index (Phi) is 5.99. The first kappa shape index (κ1) is 14.0. The van der Waals surface area contributed by atoms with Gasteiger partial charge in [-0.05, 0) is 18.4 Å². The van der Waals surface area contributed by atoms with Crippen molar-refractivity contribution in [2.45, 2.75) is 32.4 Å². The van der Waals surface area contributed by atoms with Crippen molar-refractivity contribution in [1.82, 2.24) is 15.5 Å². The van der Waals surface area contributed by atoms with Gasteiger partial charge in [-0.25, -0.2) is 0 Å². The van der Waals surface area contributed by atoms with Gasteiger partial charge < -0.3 is 14.9 Å². The first-order valence-corrected chi connectivity index (χ1v) is 6.83. The lowest BCUT2D eigenvalue weighted by Crippen LogP contribution is -2.34. The fourth-order valence-electron chi connectivity index (χ4n) is 1.15. The lowest BCUT2D eigenvalue weighted by molar-refractivity contribution is -0.129. The van der Waals surface area contributed by atoms with Crippen LogP contribution in [-0.2, 0) is 17.8 Å². The second-order valence-corrected chi connectivity index (χ2v) is 4.46. The maximum absolute atomic E-state index is 11.4. The third-order valence-corrected chi connectivity index (χ3v) is 2.78. The second-order valence-electron chi connectivity index (χ2n) is 3.47. The minimum atomic E-state index is -0.976. The number of aliphatic hydroxyl groups is 1. The highest BCUT2D eigenvalue weighted by molar-refractivity contribution is 7.98. The number of nitrogens with zero attached hydrogens (tertiary/aromatic N) is 2. The third kappa shape index (κ3) is 4.74. The predicted octanol–water partition coefficient (Wildman–Crippen LogP) is 0.362. The Bertz CT molecular complexity index is 356. The van der Waals surface area contributed by atoms with Crippen LogP contribution in [0.3, 0.4) is 0 Å². The van der Waals surface area contributed by atoms with Crippen LogP contribution in [0.2, 0.25) is 0 Å². The average Bonchev–Trinajstić information content (AvgIpc) is 2.80. The third-order valence-electron chi connectivity index (χ3n) is 2.14. The molecule has 2 N–H and O–H groups in total. The van der Waals surface area contributed by atoms with Crippen molar-refractivity contribution in [3.63, 3.8) is 0 Å². The summed E-state index contributed by atoms with van der Waals surface area (Å²) in [5.74, 6) is 1.30. The Morgan fingerprint density at radius 2 is 2.41 bits per heavy atom. The van der Waals surface area contributed by atoms with E-state index in [1.54, 1.807) is 11.8 Å². The molecule has 7 heteroatoms. The molecular formula is C10H17N3O3S. The van der Waals surface area contributed by atoms with Crippen LogP contribution in [0.25, 0.3) is 0 Å². The van der Waals surface area contributed by atoms with Crippen molar-refractivity contribution < 1.29 is 14.4 Å². The molecule has 1 heterocycles. The molecule has 0 saturated heterocycles. The van der Waals surface area contributed by atoms with Crippen molar-refractivity contribution >= 4 is 17.7 Å². The van der Waals surface area contributed by atoms with Crippen LogP contribution in [-0.4, -0.2) is 39.3 Å². The Labute approximate surface area is 104 Å². The zero-order valence-corrected chi connectivity index (χ0v) is 10.8. The molecule has 0 aromatic carbocycles. The molecule has 0 unspecified atom stereocenters. The summed E-state index contributed by atoms with van der Waals surface area (Å²) in [6.45, 7) is 2.07. The zero-order chi connectivity index (χ0) is 12.7. The molecule has 1 aromatic rings. The van der Waals surface area contributed by atoms with E-state index in [0.29, 0.717) is 24.6 Å². The molecule has 1 aromatic heterocycles. The van der Waals surface area contributed by atoms with Crippen molar-refractivity contribution in [3.8, 4) is 0 Å². The Morgan fingerprint density at radius 1 is 1.65 bits per heavy atom. The monoisotopic (exact) mass is 259 g/mol. The van der Waals surface area contributed by atoms with E-state index in [1.165, 1.54) is 0 Å². The quantitative estimate of drug-likeness (QED) is 0.735. The number of hydrogen-bond donors (Lipinski definition) is 2. The van der Waals surface area contributed by atoms with Crippen LogP contribution in [0.4, 0.5) is 0 Å². The number of nitrogens with one attached hydrogen (secondary N) is 1. The molecular weight excluding hydrogens is 242 g/mol. The Morgan fingerprint density at radius 3 is 3.00 bits per heavy atom. The molecule has 0 fully saturated rings. The van der Waals surface area contributed by atoms with Crippen LogP contribution < -0.4 is 5.32 Å². The number of aliphatic hydroxyl groups excluding tert-OH is 1. The molecule has 1 amide bonds. The molecule has 96 valence electrons. The first-order valence-electron chi connectivity index (χ1n) is 5.43. The van der Waals surface area contributed by atoms with Gasteiger partial charge in [-0.1, -0.05) is 12.1 Å². The van der Waals surface area contributed by atoms with Crippen LogP contribution in [0.15, 0.2) is 4.52 Å². The van der Waals surface area contributed by atoms with Crippen LogP contribution in [0.5, 0.6) is 0 Å². The maximum atomic E-state index is 11.4. The van der Waals surface area contributed by atoms with Gasteiger partial charge in [0.2, 0.25) is 11.8 Å². The highest BCUT2D eigenvalue weighted by Gasteiger charge is 2.15. The molecule has 6 nitrogen and oxygen atoms in total. The molecule has 0 spiro atoms. The number of aryl methyl sites for hydroxylation is 1. The fourth-order valence-corrected chi connectivity index (χ4v) is 1.61. The molecule has 1 rings (SSSR count). The molecule has 0 bridgehead atoms. The number of rotatable bonds is 7. The summed E-state index contributed by atoms with van der Waals surface area (Å²) in [5, 5.41) is 15.7. The van der Waals surface area contributed by atoms with Crippen molar-refractivity contribution in [2.24, 2.45) is 0 Å². The number of hydrogen-bond acceptors (Lipinski definition) is 6. The number of aromatic nitrogens is 2. The van der Waals surface area contributed by atoms with E-state index < -0.39 is 12.0 Å². The summed E-state index contributed by atoms with van der Waals surface area (Å²) in [6, 6.07) is 0. The predicted molar refractivity (Wildman–Crippen MR) is 64.5 cm³/mol. The molecule has 0 aliphatic rings. The summed E-state index contributed by atoms with van der Waals surface area (Å²) in [6.07, 6.45) is 2.08. The summed E-state index contributed by atoms with van der Waals surface area (Å²) in [5.41, 5.74) is 0. The largest absolute Gasteiger partial charge is 0.383 e. The van der Waals surface area contributed by atoms with E-state index in [0.717, 1.165) is 5.75 Å². The van der Waals surface area contributed by atoms with Crippen LogP contribution in [0, 0.1) is 0 Å². The fraction of sp³-hybridized carbons (Fsp3) is 0.700. The highest BCUT2D eigenvalue weighted by atomic mass is 32.2. The van der Waals surface area contributed by atoms with Gasteiger partial charge in [-0.3, -0.25) is 4.79 Å². The SMILES string of the molecule is CCc1noc(CNC(=O)[C@H](O)CCSC)n1. The van der Waals surface area contributed by atoms with E-state index in [9.17, 15) is 9.90 Å². The van der Waals surface area contributed by atoms with E-state index >= 15 is 0 Å². The van der Waals surface area contributed by atoms with E-state index in [2.05, 4.69) is 15.5 Å². The first-order chi connectivity index (χ1) is 8.17. The second kappa shape index (κ2) is 7.29. The minimum absolute atomic E-state index is 0.155. The average molecular weight is 259 g/mol. The lowest BCUT2D eigenvalue weighted by atomic mass is 10.2. The number of thioether (sulfide) groups is 1. The molecule has 0 saturated carbocycles. The van der Waals surface area contributed by atoms with Crippen molar-refractivity contribution in [2.75, 3.05) is 12.0 Å². The van der Waals surface area contributed by atoms with E-state index in [1.807, 2.05) is 13.2 Å². The molecule has 0 aliphatic heterocycles. The lowest BCUT2D eigenvalue weighted by Gasteiger charge is -2.08. The van der Waals surface area contributed by atoms with Crippen molar-refractivity contribution in [1.29, 1.82) is 0 Å². The summed E-state index contributed by atoms with van der Waals surface area (Å²) in [7, 11) is 0. The molecule has 0 radical (unpaired) electrons. The molecule has 1 atom stereocenters. The minimum Gasteiger partial charge on any atom is -0.383 e. The van der Waals surface area contributed by atoms with Crippen molar-refractivity contribution in [3.05, 3.63) is 11.7 Å². The van der Waals surface area contributed by atoms with Gasteiger partial charge in [-0.15, -0.1) is 0 Å². The normalized spacial score (nSPS) is 12.4. The standard InChI is InChI=1S/C10H17N3O3S/c1-3-8-12-9(16-13-8)6-11-10(15)7(14)4-5-17-2/h7,14H,3-6H2,1-2H3,(H,11,15)/t7-/m1/s1. The van der Waals surface area contributed by atoms with Gasteiger partial charge in [0.25, 0.3) is 0 Å². The van der Waals surface area contributed by atoms with E-state index in [4.69, 9.17) is 4.52 Å². The Balaban J connectivity index is 2.32. The topological polar surface area (TPSA) is 88.2 Å². The number of carbonyl (C=O) groups is 1. The van der Waals surface area contributed by atoms with Gasteiger partial charge in [0, 0.05) is 6.42 Å². The van der Waals surface area contributed by atoms with Gasteiger partial charge in [0.1, 0.15) is 6.10 Å². The summed E-state index contributed by atoms with van der Waals surface area (Å²) < 4.78 is 4.91. The molecule has 0 aliphatic carbocycles. The highest BCUT2D eigenvalue weighted by Crippen LogP contribution is 2.01. The van der Waals surface area contributed by atoms with Gasteiger partial charge in [0.05, 0.1) is 6.54 Å². The van der Waals surface area contributed by atoms with Gasteiger partial charge in [0.15, 0.2) is 5.82 Å². The molecule has 17 heavy (non-hydrogen) atoms. The Hall–Kier alpha value is -1.08. The summed E-state index contributed by atoms with van der Waals surface area (Å²) in [4.78, 5) is 15.5. The van der Waals surface area contributed by atoms with Gasteiger partial charge >= 0.3 is 0 Å². The maximum Gasteiger partial charge on any atom is 0.249 e. The number of carbonyl (C=O) groups excluding carboxylic acids is 1. The zero-order valence-electron chi connectivity index (χ0n) is 9.97. The van der Waals surface area contributed by atoms with Crippen LogP contribution in [0.1, 0.15) is 25.1 Å². The van der Waals surface area contributed by atoms with E-state index in [-0.39, 0.29) is 6.54 Å². The van der Waals surface area contributed by atoms with Gasteiger partial charge in [-0.2, -0.15) is 16.7 Å². The summed E-state index contributed by atoms with van der Waals surface area (Å²) >= 11 is 1.59. The van der Waals surface area contributed by atoms with Crippen LogP contribution >= 0.6 is 11.8 Å². The number of amides is 1.